The second kappa shape index (κ2) is 19.8. The number of hydrogen-bond donors (Lipinski definition) is 5. The Morgan fingerprint density at radius 2 is 0.901 bits per heavy atom. The van der Waals surface area contributed by atoms with Crippen molar-refractivity contribution in [3.05, 3.63) is 203 Å². The van der Waals surface area contributed by atoms with Crippen molar-refractivity contribution in [2.24, 2.45) is 0 Å². The van der Waals surface area contributed by atoms with Gasteiger partial charge in [0.25, 0.3) is 0 Å². The molecule has 6 nitrogen and oxygen atoms in total. The van der Waals surface area contributed by atoms with Crippen molar-refractivity contribution in [1.82, 2.24) is 4.57 Å². The third-order valence-electron chi connectivity index (χ3n) is 14.5. The molecule has 5 N–H and O–H groups in total. The van der Waals surface area contributed by atoms with Crippen LogP contribution in [0.5, 0.6) is 28.7 Å². The second-order valence-electron chi connectivity index (χ2n) is 19.0. The van der Waals surface area contributed by atoms with Crippen LogP contribution in [0.3, 0.4) is 0 Å². The van der Waals surface area contributed by atoms with Gasteiger partial charge in [0.05, 0.1) is 16.6 Å². The van der Waals surface area contributed by atoms with E-state index in [-0.39, 0.29) is 11.0 Å². The van der Waals surface area contributed by atoms with Gasteiger partial charge in [-0.05, 0) is 144 Å². The molecular formula is C65H63NO5. The van der Waals surface area contributed by atoms with Crippen LogP contribution in [-0.2, 0) is 5.41 Å². The Kier molecular flexibility index (Phi) is 13.4. The molecule has 1 saturated carbocycles. The predicted octanol–water partition coefficient (Wildman–Crippen LogP) is 17.0. The lowest BCUT2D eigenvalue weighted by Gasteiger charge is -2.36. The van der Waals surface area contributed by atoms with E-state index in [9.17, 15) is 25.5 Å². The van der Waals surface area contributed by atoms with Crippen LogP contribution in [0.4, 0.5) is 0 Å². The van der Waals surface area contributed by atoms with E-state index >= 15 is 0 Å². The molecule has 0 atom stereocenters. The van der Waals surface area contributed by atoms with Gasteiger partial charge in [-0.15, -0.1) is 0 Å². The lowest BCUT2D eigenvalue weighted by atomic mass is 9.67. The Hall–Kier alpha value is -7.96. The summed E-state index contributed by atoms with van der Waals surface area (Å²) in [7, 11) is 0. The molecule has 12 rings (SSSR count). The van der Waals surface area contributed by atoms with Gasteiger partial charge in [-0.2, -0.15) is 0 Å². The number of rotatable bonds is 3. The van der Waals surface area contributed by atoms with Gasteiger partial charge in [0.2, 0.25) is 17.2 Å². The fraction of sp³-hybridized carbons (Fsp3) is 0.200. The highest BCUT2D eigenvalue weighted by molar-refractivity contribution is 6.11. The van der Waals surface area contributed by atoms with Crippen LogP contribution in [-0.4, -0.2) is 30.1 Å². The Bertz CT molecular complexity index is 3570. The molecule has 1 aromatic heterocycles. The summed E-state index contributed by atoms with van der Waals surface area (Å²) in [5.74, 6) is -4.00. The van der Waals surface area contributed by atoms with Gasteiger partial charge >= 0.3 is 0 Å². The molecule has 0 saturated heterocycles. The first-order valence-electron chi connectivity index (χ1n) is 24.9. The predicted molar refractivity (Wildman–Crippen MR) is 295 cm³/mol. The van der Waals surface area contributed by atoms with Gasteiger partial charge in [-0.1, -0.05) is 178 Å². The SMILES string of the molecule is CC.Cc1ccc(C)c(-c2ccccc2C)c1.Cc1ccc2c(c1)C1(CCCCC1)c1cc(-c3c(O)c(O)c(O)c(O)c3O)c3ccccc3c1-2.Cc1ccc2c3ccccc3n(-c3ccccc3)c2c1. The number of aryl methyl sites for hydroxylation is 5. The molecule has 9 aromatic carbocycles. The molecule has 1 fully saturated rings. The van der Waals surface area contributed by atoms with Gasteiger partial charge in [0.15, 0.2) is 11.5 Å². The summed E-state index contributed by atoms with van der Waals surface area (Å²) in [6.07, 6.45) is 5.45. The lowest BCUT2D eigenvalue weighted by molar-refractivity contribution is 0.330. The smallest absolute Gasteiger partial charge is 0.208 e. The molecule has 358 valence electrons. The third kappa shape index (κ3) is 8.52. The lowest BCUT2D eigenvalue weighted by Crippen LogP contribution is -2.28. The van der Waals surface area contributed by atoms with Gasteiger partial charge in [-0.25, -0.2) is 0 Å². The fourth-order valence-corrected chi connectivity index (χ4v) is 11.1. The zero-order chi connectivity index (χ0) is 50.1. The van der Waals surface area contributed by atoms with Crippen molar-refractivity contribution < 1.29 is 25.5 Å². The molecule has 1 spiro atoms. The quantitative estimate of drug-likeness (QED) is 0.0896. The standard InChI is InChI=1S/C29H26O5.C19H15N.C15H16.C2H6/c1-15-9-10-18-20(13-15)29(11-5-2-6-12-29)21-14-19(16-7-3-4-8-17(16)22(18)21)23-24(30)26(32)28(34)27(33)25(23)31;1-14-11-12-17-16-9-5-6-10-18(16)20(19(17)13-14)15-7-3-2-4-8-15;1-11-8-9-13(3)15(10-11)14-7-5-4-6-12(14)2;1-2/h3-4,7-10,13-14,30-34H,2,5-6,11-12H2,1H3;2-13H,1H3;4-10H,1-3H3;1-2H3. The number of benzene rings is 9. The molecule has 0 aliphatic heterocycles. The largest absolute Gasteiger partial charge is 0.504 e. The summed E-state index contributed by atoms with van der Waals surface area (Å²) < 4.78 is 2.34. The highest BCUT2D eigenvalue weighted by atomic mass is 16.4. The van der Waals surface area contributed by atoms with Crippen LogP contribution < -0.4 is 0 Å². The molecule has 6 heteroatoms. The number of nitrogens with zero attached hydrogens (tertiary/aromatic N) is 1. The Balaban J connectivity index is 0.000000143. The zero-order valence-electron chi connectivity index (χ0n) is 41.8. The molecule has 1 heterocycles. The van der Waals surface area contributed by atoms with E-state index < -0.39 is 28.7 Å². The summed E-state index contributed by atoms with van der Waals surface area (Å²) in [4.78, 5) is 0. The maximum atomic E-state index is 10.8. The van der Waals surface area contributed by atoms with E-state index in [1.54, 1.807) is 0 Å². The number of aromatic nitrogens is 1. The highest BCUT2D eigenvalue weighted by Crippen LogP contribution is 2.61. The average Bonchev–Trinajstić information content (AvgIpc) is 3.86. The van der Waals surface area contributed by atoms with Crippen molar-refractivity contribution in [2.75, 3.05) is 0 Å². The van der Waals surface area contributed by atoms with Crippen molar-refractivity contribution in [3.63, 3.8) is 0 Å². The van der Waals surface area contributed by atoms with Crippen molar-refractivity contribution >= 4 is 32.6 Å². The molecule has 0 unspecified atom stereocenters. The van der Waals surface area contributed by atoms with Crippen molar-refractivity contribution in [3.8, 4) is 67.8 Å². The van der Waals surface area contributed by atoms with E-state index in [0.717, 1.165) is 42.0 Å². The number of hydrogen-bond acceptors (Lipinski definition) is 5. The molecule has 0 radical (unpaired) electrons. The first kappa shape index (κ1) is 48.1. The summed E-state index contributed by atoms with van der Waals surface area (Å²) in [6.45, 7) is 14.7. The number of phenolic OH excluding ortho intramolecular Hbond substituents is 5. The topological polar surface area (TPSA) is 106 Å². The van der Waals surface area contributed by atoms with Crippen LogP contribution in [0.25, 0.3) is 71.6 Å². The molecule has 0 bridgehead atoms. The van der Waals surface area contributed by atoms with E-state index in [0.29, 0.717) is 5.56 Å². The minimum absolute atomic E-state index is 0.0927. The van der Waals surface area contributed by atoms with Gasteiger partial charge in [0, 0.05) is 21.9 Å². The molecule has 2 aliphatic carbocycles. The Morgan fingerprint density at radius 3 is 1.61 bits per heavy atom. The molecule has 10 aromatic rings. The third-order valence-corrected chi connectivity index (χ3v) is 14.5. The number of phenols is 5. The minimum atomic E-state index is -0.948. The molecular weight excluding hydrogens is 875 g/mol. The van der Waals surface area contributed by atoms with E-state index in [1.807, 2.05) is 44.2 Å². The van der Waals surface area contributed by atoms with Crippen LogP contribution in [0.1, 0.15) is 84.9 Å². The first-order valence-corrected chi connectivity index (χ1v) is 24.9. The van der Waals surface area contributed by atoms with Gasteiger partial charge in [0.1, 0.15) is 0 Å². The van der Waals surface area contributed by atoms with Gasteiger partial charge < -0.3 is 30.1 Å². The van der Waals surface area contributed by atoms with Crippen molar-refractivity contribution in [1.29, 1.82) is 0 Å². The minimum Gasteiger partial charge on any atom is -0.504 e. The van der Waals surface area contributed by atoms with Crippen LogP contribution in [0, 0.1) is 34.6 Å². The summed E-state index contributed by atoms with van der Waals surface area (Å²) in [5, 5.41) is 56.4. The summed E-state index contributed by atoms with van der Waals surface area (Å²) >= 11 is 0. The average molecular weight is 938 g/mol. The number of fused-ring (bicyclic) bond motifs is 10. The Morgan fingerprint density at radius 1 is 0.366 bits per heavy atom. The molecule has 71 heavy (non-hydrogen) atoms. The van der Waals surface area contributed by atoms with E-state index in [4.69, 9.17) is 0 Å². The van der Waals surface area contributed by atoms with Crippen LogP contribution in [0.15, 0.2) is 164 Å². The molecule has 2 aliphatic rings. The normalized spacial score (nSPS) is 13.1. The number of para-hydroxylation sites is 2. The Labute approximate surface area is 417 Å². The summed E-state index contributed by atoms with van der Waals surface area (Å²) in [6, 6.07) is 57.4. The van der Waals surface area contributed by atoms with Crippen molar-refractivity contribution in [2.45, 2.75) is 86.0 Å². The summed E-state index contributed by atoms with van der Waals surface area (Å²) in [5.41, 5.74) is 18.1. The number of aromatic hydroxyl groups is 5. The monoisotopic (exact) mass is 937 g/mol. The van der Waals surface area contributed by atoms with Crippen LogP contribution in [0.2, 0.25) is 0 Å². The van der Waals surface area contributed by atoms with E-state index in [2.05, 4.69) is 173 Å². The zero-order valence-corrected chi connectivity index (χ0v) is 41.8. The van der Waals surface area contributed by atoms with Crippen LogP contribution >= 0.6 is 0 Å². The first-order chi connectivity index (χ1) is 34.4. The van der Waals surface area contributed by atoms with Gasteiger partial charge in [-0.3, -0.25) is 0 Å². The maximum Gasteiger partial charge on any atom is 0.208 e. The van der Waals surface area contributed by atoms with E-state index in [1.165, 1.54) is 89.5 Å². The second-order valence-corrected chi connectivity index (χ2v) is 19.0. The molecule has 0 amide bonds. The fourth-order valence-electron chi connectivity index (χ4n) is 11.1. The highest BCUT2D eigenvalue weighted by Gasteiger charge is 2.45. The maximum absolute atomic E-state index is 10.8.